The van der Waals surface area contributed by atoms with E-state index in [0.717, 1.165) is 12.3 Å². The van der Waals surface area contributed by atoms with Crippen molar-refractivity contribution in [2.24, 2.45) is 17.3 Å². The van der Waals surface area contributed by atoms with E-state index in [1.807, 2.05) is 6.92 Å². The molecule has 3 saturated carbocycles. The predicted molar refractivity (Wildman–Crippen MR) is 68.8 cm³/mol. The minimum Gasteiger partial charge on any atom is -0.404 e. The molecule has 5 heteroatoms. The number of carbonyl (C=O) groups is 1. The molecule has 4 fully saturated rings. The Labute approximate surface area is 109 Å². The zero-order valence-corrected chi connectivity index (χ0v) is 11.6. The maximum atomic E-state index is 10.5. The van der Waals surface area contributed by atoms with Gasteiger partial charge in [-0.05, 0) is 43.9 Å². The maximum Gasteiger partial charge on any atom is 0.481 e. The molecule has 1 aliphatic heterocycles. The van der Waals surface area contributed by atoms with Crippen molar-refractivity contribution in [3.8, 4) is 0 Å². The lowest BCUT2D eigenvalue weighted by atomic mass is 9.43. The first-order chi connectivity index (χ1) is 8.39. The van der Waals surface area contributed by atoms with E-state index in [-0.39, 0.29) is 24.8 Å². The second-order valence-electron chi connectivity index (χ2n) is 6.91. The third-order valence-corrected chi connectivity index (χ3v) is 5.71. The molecule has 4 nitrogen and oxygen atoms in total. The standard InChI is InChI=1S/C13H22BNO3/c1-8(15-7-16)14-17-11-6-9-5-10(12(9,2)3)13(11,4)18-14/h7-11H,5-6H2,1-4H3,(H,15,16)/t8-,9?,10?,11?,13-/m0/s1. The van der Waals surface area contributed by atoms with Gasteiger partial charge in [-0.15, -0.1) is 0 Å². The summed E-state index contributed by atoms with van der Waals surface area (Å²) in [5, 5.41) is 2.73. The Hall–Kier alpha value is -0.545. The van der Waals surface area contributed by atoms with Crippen LogP contribution in [0, 0.1) is 17.3 Å². The number of carbonyl (C=O) groups excluding carboxylic acids is 1. The zero-order chi connectivity index (χ0) is 13.1. The number of amides is 1. The normalized spacial score (nSPS) is 46.0. The lowest BCUT2D eigenvalue weighted by molar-refractivity contribution is -0.199. The highest BCUT2D eigenvalue weighted by atomic mass is 16.7. The molecule has 0 aromatic carbocycles. The molecule has 1 saturated heterocycles. The molecule has 1 heterocycles. The molecular formula is C13H22BNO3. The molecule has 3 aliphatic carbocycles. The summed E-state index contributed by atoms with van der Waals surface area (Å²) >= 11 is 0. The van der Waals surface area contributed by atoms with Crippen molar-refractivity contribution in [1.82, 2.24) is 5.32 Å². The molecule has 18 heavy (non-hydrogen) atoms. The summed E-state index contributed by atoms with van der Waals surface area (Å²) in [6, 6.07) is 0. The van der Waals surface area contributed by atoms with E-state index in [9.17, 15) is 4.79 Å². The Balaban J connectivity index is 1.78. The highest BCUT2D eigenvalue weighted by Crippen LogP contribution is 2.65. The van der Waals surface area contributed by atoms with Crippen molar-refractivity contribution in [2.45, 2.75) is 58.2 Å². The summed E-state index contributed by atoms with van der Waals surface area (Å²) in [6.45, 7) is 8.80. The van der Waals surface area contributed by atoms with Gasteiger partial charge in [0.2, 0.25) is 6.41 Å². The average molecular weight is 251 g/mol. The minimum absolute atomic E-state index is 0.0924. The summed E-state index contributed by atoms with van der Waals surface area (Å²) in [6.07, 6.45) is 3.25. The Bertz CT molecular complexity index is 375. The first kappa shape index (κ1) is 12.5. The summed E-state index contributed by atoms with van der Waals surface area (Å²) < 4.78 is 12.2. The van der Waals surface area contributed by atoms with Gasteiger partial charge in [0.05, 0.1) is 17.6 Å². The average Bonchev–Trinajstić information content (AvgIpc) is 2.65. The molecule has 5 atom stereocenters. The highest BCUT2D eigenvalue weighted by molar-refractivity contribution is 6.47. The minimum atomic E-state index is -0.305. The van der Waals surface area contributed by atoms with E-state index in [0.29, 0.717) is 17.7 Å². The molecule has 0 aromatic heterocycles. The predicted octanol–water partition coefficient (Wildman–Crippen LogP) is 1.39. The number of hydrogen-bond donors (Lipinski definition) is 1. The first-order valence-corrected chi connectivity index (χ1v) is 6.92. The lowest BCUT2D eigenvalue weighted by Crippen LogP contribution is -2.65. The van der Waals surface area contributed by atoms with Crippen molar-refractivity contribution in [3.63, 3.8) is 0 Å². The van der Waals surface area contributed by atoms with Crippen LogP contribution in [0.15, 0.2) is 0 Å². The molecule has 4 rings (SSSR count). The van der Waals surface area contributed by atoms with Crippen molar-refractivity contribution in [2.75, 3.05) is 0 Å². The molecule has 1 N–H and O–H groups in total. The van der Waals surface area contributed by atoms with Crippen LogP contribution in [0.4, 0.5) is 0 Å². The van der Waals surface area contributed by atoms with Crippen LogP contribution in [-0.4, -0.2) is 31.2 Å². The number of hydrogen-bond acceptors (Lipinski definition) is 3. The van der Waals surface area contributed by atoms with Gasteiger partial charge >= 0.3 is 7.12 Å². The first-order valence-electron chi connectivity index (χ1n) is 6.92. The number of rotatable bonds is 3. The number of nitrogens with one attached hydrogen (secondary N) is 1. The Morgan fingerprint density at radius 1 is 1.39 bits per heavy atom. The third kappa shape index (κ3) is 1.43. The summed E-state index contributed by atoms with van der Waals surface area (Å²) in [5.41, 5.74) is 0.187. The van der Waals surface area contributed by atoms with Gasteiger partial charge in [0.1, 0.15) is 0 Å². The fourth-order valence-electron chi connectivity index (χ4n) is 4.30. The topological polar surface area (TPSA) is 47.6 Å². The quantitative estimate of drug-likeness (QED) is 0.609. The molecule has 1 amide bonds. The van der Waals surface area contributed by atoms with E-state index in [4.69, 9.17) is 9.31 Å². The molecule has 0 spiro atoms. The van der Waals surface area contributed by atoms with Crippen LogP contribution in [0.2, 0.25) is 0 Å². The molecule has 0 aromatic rings. The van der Waals surface area contributed by atoms with Crippen molar-refractivity contribution < 1.29 is 14.1 Å². The maximum absolute atomic E-state index is 10.5. The van der Waals surface area contributed by atoms with Gasteiger partial charge in [-0.1, -0.05) is 13.8 Å². The van der Waals surface area contributed by atoms with Gasteiger partial charge < -0.3 is 14.6 Å². The molecular weight excluding hydrogens is 229 g/mol. The summed E-state index contributed by atoms with van der Waals surface area (Å²) in [4.78, 5) is 10.5. The summed E-state index contributed by atoms with van der Waals surface area (Å²) in [5.74, 6) is 1.24. The second-order valence-corrected chi connectivity index (χ2v) is 6.91. The van der Waals surface area contributed by atoms with Crippen LogP contribution in [0.25, 0.3) is 0 Å². The van der Waals surface area contributed by atoms with Crippen LogP contribution in [-0.2, 0) is 14.1 Å². The van der Waals surface area contributed by atoms with Gasteiger partial charge in [0.25, 0.3) is 0 Å². The summed E-state index contributed by atoms with van der Waals surface area (Å²) in [7, 11) is -0.305. The van der Waals surface area contributed by atoms with Crippen LogP contribution < -0.4 is 5.32 Å². The van der Waals surface area contributed by atoms with Crippen LogP contribution in [0.1, 0.15) is 40.5 Å². The molecule has 2 bridgehead atoms. The van der Waals surface area contributed by atoms with Crippen LogP contribution in [0.5, 0.6) is 0 Å². The van der Waals surface area contributed by atoms with Gasteiger partial charge in [-0.2, -0.15) is 0 Å². The lowest BCUT2D eigenvalue weighted by Gasteiger charge is -2.64. The molecule has 0 radical (unpaired) electrons. The van der Waals surface area contributed by atoms with E-state index in [2.05, 4.69) is 26.1 Å². The van der Waals surface area contributed by atoms with Crippen LogP contribution in [0.3, 0.4) is 0 Å². The smallest absolute Gasteiger partial charge is 0.404 e. The van der Waals surface area contributed by atoms with Gasteiger partial charge in [0.15, 0.2) is 0 Å². The molecule has 3 unspecified atom stereocenters. The van der Waals surface area contributed by atoms with Gasteiger partial charge in [-0.3, -0.25) is 4.79 Å². The largest absolute Gasteiger partial charge is 0.481 e. The van der Waals surface area contributed by atoms with Crippen LogP contribution >= 0.6 is 0 Å². The van der Waals surface area contributed by atoms with Gasteiger partial charge in [-0.25, -0.2) is 0 Å². The Morgan fingerprint density at radius 3 is 2.72 bits per heavy atom. The molecule has 4 aliphatic rings. The van der Waals surface area contributed by atoms with E-state index >= 15 is 0 Å². The fraction of sp³-hybridized carbons (Fsp3) is 0.923. The molecule has 100 valence electrons. The van der Waals surface area contributed by atoms with E-state index in [1.54, 1.807) is 0 Å². The third-order valence-electron chi connectivity index (χ3n) is 5.71. The second kappa shape index (κ2) is 3.73. The fourth-order valence-corrected chi connectivity index (χ4v) is 4.30. The zero-order valence-electron chi connectivity index (χ0n) is 11.6. The SMILES string of the molecule is C[C@H](NC=O)B1OC2CC3CC(C3(C)C)[C@]2(C)O1. The highest BCUT2D eigenvalue weighted by Gasteiger charge is 2.68. The van der Waals surface area contributed by atoms with E-state index < -0.39 is 0 Å². The van der Waals surface area contributed by atoms with Crippen molar-refractivity contribution >= 4 is 13.5 Å². The Kier molecular flexibility index (Phi) is 2.59. The van der Waals surface area contributed by atoms with Gasteiger partial charge in [0, 0.05) is 0 Å². The van der Waals surface area contributed by atoms with E-state index in [1.165, 1.54) is 6.42 Å². The Morgan fingerprint density at radius 2 is 2.11 bits per heavy atom. The monoisotopic (exact) mass is 251 g/mol. The van der Waals surface area contributed by atoms with Crippen molar-refractivity contribution in [1.29, 1.82) is 0 Å². The van der Waals surface area contributed by atoms with Crippen molar-refractivity contribution in [3.05, 3.63) is 0 Å².